The number of nitrogens with one attached hydrogen (secondary N) is 2. The quantitative estimate of drug-likeness (QED) is 0.723. The first kappa shape index (κ1) is 16.8. The average molecular weight is 306 g/mol. The molecule has 0 aliphatic heterocycles. The van der Waals surface area contributed by atoms with Gasteiger partial charge in [-0.15, -0.1) is 0 Å². The Morgan fingerprint density at radius 2 is 2.05 bits per heavy atom. The van der Waals surface area contributed by atoms with Gasteiger partial charge in [-0.05, 0) is 36.8 Å². The van der Waals surface area contributed by atoms with Crippen molar-refractivity contribution in [2.24, 2.45) is 0 Å². The molecule has 0 aromatic heterocycles. The monoisotopic (exact) mass is 306 g/mol. The predicted molar refractivity (Wildman–Crippen MR) is 85.8 cm³/mol. The SMILES string of the molecule is CCc1ccc(C(CO)NC(=O)NCC2(OC)CCC2)cc1. The van der Waals surface area contributed by atoms with Crippen molar-refractivity contribution >= 4 is 6.03 Å². The van der Waals surface area contributed by atoms with E-state index in [0.29, 0.717) is 6.54 Å². The molecule has 3 N–H and O–H groups in total. The summed E-state index contributed by atoms with van der Waals surface area (Å²) in [5.74, 6) is 0. The normalized spacial score (nSPS) is 17.4. The summed E-state index contributed by atoms with van der Waals surface area (Å²) in [4.78, 5) is 12.0. The molecule has 1 unspecified atom stereocenters. The van der Waals surface area contributed by atoms with Gasteiger partial charge in [-0.2, -0.15) is 0 Å². The second kappa shape index (κ2) is 7.61. The third-order valence-corrected chi connectivity index (χ3v) is 4.55. The van der Waals surface area contributed by atoms with E-state index in [1.165, 1.54) is 5.56 Å². The van der Waals surface area contributed by atoms with Gasteiger partial charge in [0, 0.05) is 13.7 Å². The number of carbonyl (C=O) groups is 1. The molecule has 0 bridgehead atoms. The molecule has 0 spiro atoms. The zero-order valence-electron chi connectivity index (χ0n) is 13.4. The largest absolute Gasteiger partial charge is 0.394 e. The Balaban J connectivity index is 1.87. The number of ether oxygens (including phenoxy) is 1. The van der Waals surface area contributed by atoms with Gasteiger partial charge in [-0.1, -0.05) is 31.2 Å². The molecule has 2 rings (SSSR count). The summed E-state index contributed by atoms with van der Waals surface area (Å²) in [5.41, 5.74) is 1.94. The van der Waals surface area contributed by atoms with Crippen LogP contribution in [0.5, 0.6) is 0 Å². The van der Waals surface area contributed by atoms with Gasteiger partial charge in [0.2, 0.25) is 0 Å². The Bertz CT molecular complexity index is 478. The summed E-state index contributed by atoms with van der Waals surface area (Å²) in [6, 6.07) is 7.26. The maximum absolute atomic E-state index is 12.0. The third-order valence-electron chi connectivity index (χ3n) is 4.55. The van der Waals surface area contributed by atoms with E-state index in [1.807, 2.05) is 24.3 Å². The zero-order chi connectivity index (χ0) is 16.0. The minimum Gasteiger partial charge on any atom is -0.394 e. The van der Waals surface area contributed by atoms with Crippen molar-refractivity contribution < 1.29 is 14.6 Å². The van der Waals surface area contributed by atoms with Crippen molar-refractivity contribution in [2.75, 3.05) is 20.3 Å². The molecule has 22 heavy (non-hydrogen) atoms. The summed E-state index contributed by atoms with van der Waals surface area (Å²) in [7, 11) is 1.69. The van der Waals surface area contributed by atoms with E-state index in [1.54, 1.807) is 7.11 Å². The highest BCUT2D eigenvalue weighted by Gasteiger charge is 2.37. The highest BCUT2D eigenvalue weighted by Crippen LogP contribution is 2.34. The standard InChI is InChI=1S/C17H26N2O3/c1-3-13-5-7-14(8-6-13)15(11-20)19-16(21)18-12-17(22-2)9-4-10-17/h5-8,15,20H,3-4,9-12H2,1-2H3,(H2,18,19,21). The van der Waals surface area contributed by atoms with Crippen LogP contribution in [-0.4, -0.2) is 37.0 Å². The molecular formula is C17H26N2O3. The number of hydrogen-bond donors (Lipinski definition) is 3. The van der Waals surface area contributed by atoms with E-state index in [4.69, 9.17) is 4.74 Å². The highest BCUT2D eigenvalue weighted by molar-refractivity contribution is 5.74. The van der Waals surface area contributed by atoms with Crippen LogP contribution in [0.4, 0.5) is 4.79 Å². The maximum atomic E-state index is 12.0. The molecule has 122 valence electrons. The van der Waals surface area contributed by atoms with Crippen LogP contribution < -0.4 is 10.6 Å². The Labute approximate surface area is 132 Å². The first-order chi connectivity index (χ1) is 10.6. The zero-order valence-corrected chi connectivity index (χ0v) is 13.4. The van der Waals surface area contributed by atoms with Gasteiger partial charge < -0.3 is 20.5 Å². The van der Waals surface area contributed by atoms with E-state index in [0.717, 1.165) is 31.2 Å². The van der Waals surface area contributed by atoms with Crippen LogP contribution in [0.25, 0.3) is 0 Å². The molecule has 0 saturated heterocycles. The predicted octanol–water partition coefficient (Wildman–Crippen LogP) is 2.15. The van der Waals surface area contributed by atoms with Gasteiger partial charge in [-0.25, -0.2) is 4.79 Å². The Hall–Kier alpha value is -1.59. The van der Waals surface area contributed by atoms with E-state index in [-0.39, 0.29) is 18.2 Å². The summed E-state index contributed by atoms with van der Waals surface area (Å²) in [5, 5.41) is 15.2. The smallest absolute Gasteiger partial charge is 0.315 e. The number of amides is 2. The fourth-order valence-corrected chi connectivity index (χ4v) is 2.69. The molecular weight excluding hydrogens is 280 g/mol. The van der Waals surface area contributed by atoms with Crippen LogP contribution >= 0.6 is 0 Å². The van der Waals surface area contributed by atoms with E-state index in [9.17, 15) is 9.90 Å². The first-order valence-corrected chi connectivity index (χ1v) is 7.91. The van der Waals surface area contributed by atoms with Crippen molar-refractivity contribution in [2.45, 2.75) is 44.2 Å². The van der Waals surface area contributed by atoms with Crippen molar-refractivity contribution in [3.63, 3.8) is 0 Å². The van der Waals surface area contributed by atoms with Crippen LogP contribution in [0, 0.1) is 0 Å². The lowest BCUT2D eigenvalue weighted by atomic mass is 9.80. The van der Waals surface area contributed by atoms with Crippen LogP contribution in [0.3, 0.4) is 0 Å². The lowest BCUT2D eigenvalue weighted by molar-refractivity contribution is -0.0674. The average Bonchev–Trinajstić information content (AvgIpc) is 2.52. The number of benzene rings is 1. The van der Waals surface area contributed by atoms with Crippen LogP contribution in [-0.2, 0) is 11.2 Å². The molecule has 2 amide bonds. The summed E-state index contributed by atoms with van der Waals surface area (Å²) >= 11 is 0. The van der Waals surface area contributed by atoms with E-state index >= 15 is 0 Å². The molecule has 1 aliphatic rings. The number of hydrogen-bond acceptors (Lipinski definition) is 3. The highest BCUT2D eigenvalue weighted by atomic mass is 16.5. The summed E-state index contributed by atoms with van der Waals surface area (Å²) in [6.07, 6.45) is 4.06. The van der Waals surface area contributed by atoms with E-state index < -0.39 is 6.04 Å². The van der Waals surface area contributed by atoms with Crippen molar-refractivity contribution in [1.29, 1.82) is 0 Å². The van der Waals surface area contributed by atoms with Gasteiger partial charge in [-0.3, -0.25) is 0 Å². The minimum absolute atomic E-state index is 0.131. The third kappa shape index (κ3) is 3.99. The van der Waals surface area contributed by atoms with Crippen molar-refractivity contribution in [3.05, 3.63) is 35.4 Å². The molecule has 1 aliphatic carbocycles. The first-order valence-electron chi connectivity index (χ1n) is 7.91. The molecule has 0 radical (unpaired) electrons. The molecule has 0 heterocycles. The van der Waals surface area contributed by atoms with Crippen LogP contribution in [0.15, 0.2) is 24.3 Å². The lowest BCUT2D eigenvalue weighted by Crippen LogP contribution is -2.51. The molecule has 1 saturated carbocycles. The fraction of sp³-hybridized carbons (Fsp3) is 0.588. The van der Waals surface area contributed by atoms with Gasteiger partial charge >= 0.3 is 6.03 Å². The number of aryl methyl sites for hydroxylation is 1. The number of aliphatic hydroxyl groups excluding tert-OH is 1. The lowest BCUT2D eigenvalue weighted by Gasteiger charge is -2.40. The molecule has 1 fully saturated rings. The molecule has 5 nitrogen and oxygen atoms in total. The minimum atomic E-state index is -0.397. The van der Waals surface area contributed by atoms with Gasteiger partial charge in [0.25, 0.3) is 0 Å². The molecule has 1 atom stereocenters. The Morgan fingerprint density at radius 3 is 2.50 bits per heavy atom. The Kier molecular flexibility index (Phi) is 5.80. The molecule has 5 heteroatoms. The van der Waals surface area contributed by atoms with Crippen molar-refractivity contribution in [3.8, 4) is 0 Å². The number of carbonyl (C=O) groups excluding carboxylic acids is 1. The van der Waals surface area contributed by atoms with Gasteiger partial charge in [0.05, 0.1) is 18.2 Å². The number of aliphatic hydroxyl groups is 1. The number of urea groups is 1. The Morgan fingerprint density at radius 1 is 1.36 bits per heavy atom. The molecule has 1 aromatic rings. The summed E-state index contributed by atoms with van der Waals surface area (Å²) < 4.78 is 5.47. The maximum Gasteiger partial charge on any atom is 0.315 e. The van der Waals surface area contributed by atoms with Gasteiger partial charge in [0.1, 0.15) is 0 Å². The number of rotatable bonds is 7. The molecule has 1 aromatic carbocycles. The van der Waals surface area contributed by atoms with Gasteiger partial charge in [0.15, 0.2) is 0 Å². The van der Waals surface area contributed by atoms with Crippen LogP contribution in [0.1, 0.15) is 43.4 Å². The topological polar surface area (TPSA) is 70.6 Å². The van der Waals surface area contributed by atoms with Crippen molar-refractivity contribution in [1.82, 2.24) is 10.6 Å². The van der Waals surface area contributed by atoms with Crippen LogP contribution in [0.2, 0.25) is 0 Å². The fourth-order valence-electron chi connectivity index (χ4n) is 2.69. The second-order valence-electron chi connectivity index (χ2n) is 5.90. The second-order valence-corrected chi connectivity index (χ2v) is 5.90. The van der Waals surface area contributed by atoms with E-state index in [2.05, 4.69) is 17.6 Å². The summed E-state index contributed by atoms with van der Waals surface area (Å²) in [6.45, 7) is 2.47. The number of methoxy groups -OCH3 is 1.